The van der Waals surface area contributed by atoms with Crippen LogP contribution in [-0.2, 0) is 40.7 Å². The number of nitrogen functional groups attached to an aromatic ring is 1. The molecule has 266 valence electrons. The number of β-lactam (4-membered cyclic amide) rings is 1. The first-order valence-electron chi connectivity index (χ1n) is 13.9. The molecule has 2 atom stereocenters. The summed E-state index contributed by atoms with van der Waals surface area (Å²) in [5.41, 5.74) is 1.99. The number of carbonyl (C=O) groups excluding carboxylic acids is 4. The van der Waals surface area contributed by atoms with E-state index in [0.29, 0.717) is 17.8 Å². The summed E-state index contributed by atoms with van der Waals surface area (Å²) in [6, 6.07) is 3.30. The Balaban J connectivity index is 1.46. The van der Waals surface area contributed by atoms with Crippen molar-refractivity contribution in [3.8, 4) is 5.75 Å². The summed E-state index contributed by atoms with van der Waals surface area (Å²) in [6.45, 7) is 1.68. The fourth-order valence-electron chi connectivity index (χ4n) is 4.27. The number of carboxylic acids is 1. The Morgan fingerprint density at radius 3 is 2.50 bits per heavy atom. The van der Waals surface area contributed by atoms with Crippen molar-refractivity contribution in [2.45, 2.75) is 38.0 Å². The third-order valence-corrected chi connectivity index (χ3v) is 8.49. The van der Waals surface area contributed by atoms with Gasteiger partial charge in [-0.3, -0.25) is 28.5 Å². The van der Waals surface area contributed by atoms with E-state index in [2.05, 4.69) is 26.1 Å². The number of rotatable bonds is 13. The van der Waals surface area contributed by atoms with Gasteiger partial charge in [0.15, 0.2) is 16.6 Å². The van der Waals surface area contributed by atoms with Crippen LogP contribution < -0.4 is 27.1 Å². The van der Waals surface area contributed by atoms with Crippen LogP contribution in [0.25, 0.3) is 0 Å². The first-order chi connectivity index (χ1) is 23.3. The molecule has 0 unspecified atom stereocenters. The quantitative estimate of drug-likeness (QED) is 0.0326. The molecule has 1 fully saturated rings. The fourth-order valence-corrected chi connectivity index (χ4v) is 5.70. The lowest BCUT2D eigenvalue weighted by Gasteiger charge is -2.44. The highest BCUT2D eigenvalue weighted by atomic mass is 32.2. The van der Waals surface area contributed by atoms with Crippen LogP contribution in [0.5, 0.6) is 5.75 Å². The number of aliphatic carboxylic acids is 1. The predicted molar refractivity (Wildman–Crippen MR) is 171 cm³/mol. The average molecular weight is 737 g/mol. The van der Waals surface area contributed by atoms with E-state index in [0.717, 1.165) is 25.2 Å². The maximum atomic E-state index is 13.2. The number of aromatic hydroxyl groups is 1. The number of hydrogen-bond acceptors (Lipinski definition) is 15. The maximum Gasteiger partial charge on any atom is 0.362 e. The maximum absolute atomic E-state index is 13.2. The van der Waals surface area contributed by atoms with E-state index in [-0.39, 0.29) is 32.0 Å². The third-order valence-electron chi connectivity index (χ3n) is 6.87. The minimum Gasteiger partial charge on any atom is -0.503 e. The molecule has 1 aliphatic rings. The number of anilines is 2. The molecule has 23 heteroatoms. The van der Waals surface area contributed by atoms with Crippen molar-refractivity contribution < 1.29 is 57.2 Å². The van der Waals surface area contributed by atoms with E-state index in [1.165, 1.54) is 29.6 Å². The van der Waals surface area contributed by atoms with Gasteiger partial charge >= 0.3 is 16.3 Å². The molecule has 2 aromatic heterocycles. The summed E-state index contributed by atoms with van der Waals surface area (Å²) in [4.78, 5) is 83.4. The van der Waals surface area contributed by atoms with Crippen molar-refractivity contribution >= 4 is 67.8 Å². The summed E-state index contributed by atoms with van der Waals surface area (Å²) < 4.78 is 33.8. The van der Waals surface area contributed by atoms with Crippen LogP contribution >= 0.6 is 11.3 Å². The van der Waals surface area contributed by atoms with Gasteiger partial charge in [0.25, 0.3) is 17.7 Å². The molecule has 50 heavy (non-hydrogen) atoms. The number of nitrogens with zero attached hydrogens (tertiary/aromatic N) is 4. The topological polar surface area (TPSA) is 322 Å². The predicted octanol–water partition coefficient (Wildman–Crippen LogP) is -1.48. The number of hydrogen-bond donors (Lipinski definition) is 8. The molecular weight excluding hydrogens is 708 g/mol. The third kappa shape index (κ3) is 8.31. The van der Waals surface area contributed by atoms with E-state index >= 15 is 0 Å². The molecule has 21 nitrogen and oxygen atoms in total. The minimum atomic E-state index is -5.16. The SMILES string of the molecule is CC(C)(ON=C(C(=O)N[C@@H]1C(=O)N(S(=O)(=O)O)[C@@H]1CNC(=O)Cc1cccc(NC(=O)c2cc(=O)c(O)cn2O)c1)c1csc(N)n1)C(=O)O. The number of oxime groups is 1. The smallest absolute Gasteiger partial charge is 0.362 e. The molecule has 3 heterocycles. The van der Waals surface area contributed by atoms with E-state index in [4.69, 9.17) is 10.6 Å². The Labute approximate surface area is 284 Å². The van der Waals surface area contributed by atoms with E-state index in [1.807, 2.05) is 0 Å². The van der Waals surface area contributed by atoms with E-state index in [1.54, 1.807) is 0 Å². The van der Waals surface area contributed by atoms with Gasteiger partial charge in [-0.25, -0.2) is 14.1 Å². The minimum absolute atomic E-state index is 0.00255. The Hall–Kier alpha value is -6.07. The van der Waals surface area contributed by atoms with Crippen LogP contribution in [0.3, 0.4) is 0 Å². The Bertz CT molecular complexity index is 2080. The lowest BCUT2D eigenvalue weighted by Crippen LogP contribution is -2.74. The molecule has 0 bridgehead atoms. The second-order valence-corrected chi connectivity index (χ2v) is 13.1. The zero-order valence-corrected chi connectivity index (χ0v) is 27.4. The van der Waals surface area contributed by atoms with Gasteiger partial charge in [0.1, 0.15) is 17.4 Å². The highest BCUT2D eigenvalue weighted by molar-refractivity contribution is 7.84. The fraction of sp³-hybridized carbons (Fsp3) is 0.259. The normalized spacial score (nSPS) is 16.3. The number of aromatic nitrogens is 2. The highest BCUT2D eigenvalue weighted by Gasteiger charge is 2.54. The second kappa shape index (κ2) is 14.2. The number of thiazole rings is 1. The van der Waals surface area contributed by atoms with Crippen molar-refractivity contribution in [1.29, 1.82) is 0 Å². The molecule has 0 saturated carbocycles. The standard InChI is InChI=1S/C27H28N8O13S2/c1-27(2,25(42)43)48-33-20(14-11-49-26(28)31-14)23(40)32-21-16(35(24(21)41)50(45,46)47)9-29-19(38)7-12-4-3-5-13(6-12)30-22(39)15-8-17(36)18(37)10-34(15)44/h3-6,8,10-11,16,21,37,44H,7,9H2,1-2H3,(H2,28,31)(H,29,38)(H,30,39)(H,32,40)(H,42,43)(H,45,46,47)/t16-,21+/m1/s1. The number of nitrogens with one attached hydrogen (secondary N) is 3. The molecule has 1 aliphatic heterocycles. The van der Waals surface area contributed by atoms with Gasteiger partial charge in [-0.15, -0.1) is 11.3 Å². The average Bonchev–Trinajstić information content (AvgIpc) is 3.44. The summed E-state index contributed by atoms with van der Waals surface area (Å²) in [6.07, 6.45) is 0.282. The number of benzene rings is 1. The van der Waals surface area contributed by atoms with Crippen molar-refractivity contribution in [2.24, 2.45) is 5.16 Å². The molecule has 4 rings (SSSR count). The van der Waals surface area contributed by atoms with E-state index in [9.17, 15) is 57.2 Å². The van der Waals surface area contributed by atoms with Crippen LogP contribution in [0, 0.1) is 0 Å². The monoisotopic (exact) mass is 736 g/mol. The van der Waals surface area contributed by atoms with Gasteiger partial charge in [-0.1, -0.05) is 17.3 Å². The molecular formula is C27H28N8O13S2. The Morgan fingerprint density at radius 2 is 1.88 bits per heavy atom. The van der Waals surface area contributed by atoms with Crippen molar-refractivity contribution in [1.82, 2.24) is 24.7 Å². The Kier molecular flexibility index (Phi) is 10.4. The van der Waals surface area contributed by atoms with E-state index < -0.39 is 86.7 Å². The number of nitrogens with two attached hydrogens (primary N) is 1. The highest BCUT2D eigenvalue weighted by Crippen LogP contribution is 2.24. The number of pyridine rings is 1. The zero-order valence-electron chi connectivity index (χ0n) is 25.8. The van der Waals surface area contributed by atoms with Gasteiger partial charge in [0.05, 0.1) is 18.7 Å². The largest absolute Gasteiger partial charge is 0.503 e. The van der Waals surface area contributed by atoms with Crippen LogP contribution in [0.4, 0.5) is 10.8 Å². The molecule has 9 N–H and O–H groups in total. The first kappa shape index (κ1) is 36.8. The van der Waals surface area contributed by atoms with Crippen molar-refractivity contribution in [3.63, 3.8) is 0 Å². The summed E-state index contributed by atoms with van der Waals surface area (Å²) in [5.74, 6) is -6.30. The summed E-state index contributed by atoms with van der Waals surface area (Å²) in [7, 11) is -5.16. The molecule has 0 spiro atoms. The first-order valence-corrected chi connectivity index (χ1v) is 16.2. The lowest BCUT2D eigenvalue weighted by molar-refractivity contribution is -0.161. The van der Waals surface area contributed by atoms with Crippen molar-refractivity contribution in [2.75, 3.05) is 17.6 Å². The molecule has 3 aromatic rings. The lowest BCUT2D eigenvalue weighted by atomic mass is 9.98. The molecule has 1 saturated heterocycles. The number of carbonyl (C=O) groups is 5. The number of amides is 4. The van der Waals surface area contributed by atoms with Crippen LogP contribution in [0.15, 0.2) is 51.9 Å². The Morgan fingerprint density at radius 1 is 1.18 bits per heavy atom. The summed E-state index contributed by atoms with van der Waals surface area (Å²) in [5, 5.41) is 40.4. The molecule has 0 aliphatic carbocycles. The molecule has 0 radical (unpaired) electrons. The number of carboxylic acid groups (broad SMARTS) is 1. The summed E-state index contributed by atoms with van der Waals surface area (Å²) >= 11 is 0.897. The van der Waals surface area contributed by atoms with Crippen LogP contribution in [-0.4, -0.2) is 102 Å². The second-order valence-electron chi connectivity index (χ2n) is 10.9. The van der Waals surface area contributed by atoms with Gasteiger partial charge < -0.3 is 41.9 Å². The van der Waals surface area contributed by atoms with Gasteiger partial charge in [0, 0.05) is 23.7 Å². The van der Waals surface area contributed by atoms with Crippen LogP contribution in [0.1, 0.15) is 35.6 Å². The van der Waals surface area contributed by atoms with Gasteiger partial charge in [-0.05, 0) is 31.5 Å². The van der Waals surface area contributed by atoms with Gasteiger partial charge in [-0.2, -0.15) is 13.1 Å². The van der Waals surface area contributed by atoms with Crippen LogP contribution in [0.2, 0.25) is 0 Å². The molecule has 4 amide bonds. The van der Waals surface area contributed by atoms with Gasteiger partial charge in [0.2, 0.25) is 16.9 Å². The van der Waals surface area contributed by atoms with Crippen molar-refractivity contribution in [3.05, 3.63) is 69.1 Å². The zero-order chi connectivity index (χ0) is 37.1. The molecule has 1 aromatic carbocycles.